The Bertz CT molecular complexity index is 938. The number of nitrogens with one attached hydrogen (secondary N) is 1. The second-order valence-corrected chi connectivity index (χ2v) is 6.97. The summed E-state index contributed by atoms with van der Waals surface area (Å²) in [7, 11) is 0. The van der Waals surface area contributed by atoms with Gasteiger partial charge in [0.05, 0.1) is 17.3 Å². The van der Waals surface area contributed by atoms with Crippen LogP contribution >= 0.6 is 23.2 Å². The molecule has 5 nitrogen and oxygen atoms in total. The molecule has 0 radical (unpaired) electrons. The van der Waals surface area contributed by atoms with Crippen LogP contribution in [0.25, 0.3) is 0 Å². The van der Waals surface area contributed by atoms with Crippen LogP contribution < -0.4 is 10.2 Å². The molecule has 1 N–H and O–H groups in total. The van der Waals surface area contributed by atoms with E-state index >= 15 is 0 Å². The standard InChI is InChI=1S/C22H19Cl2N3O2/c23-18-8-9-20(19(24)15-18)29-14-4-7-21(28)26-27-22(16-5-2-1-3-6-16)17-10-12-25-13-11-17/h1-3,5-6,8-13,15H,4,7,14H2,(H,26,28). The predicted octanol–water partition coefficient (Wildman–Crippen LogP) is 5.12. The first-order valence-corrected chi connectivity index (χ1v) is 9.79. The van der Waals surface area contributed by atoms with Crippen molar-refractivity contribution in [2.75, 3.05) is 6.61 Å². The van der Waals surface area contributed by atoms with Crippen LogP contribution in [0.2, 0.25) is 10.0 Å². The highest BCUT2D eigenvalue weighted by Crippen LogP contribution is 2.27. The maximum absolute atomic E-state index is 12.2. The van der Waals surface area contributed by atoms with Gasteiger partial charge in [-0.25, -0.2) is 5.43 Å². The maximum Gasteiger partial charge on any atom is 0.240 e. The number of hydrazone groups is 1. The first kappa shape index (κ1) is 20.8. The summed E-state index contributed by atoms with van der Waals surface area (Å²) in [5.41, 5.74) is 5.07. The lowest BCUT2D eigenvalue weighted by Gasteiger charge is -2.09. The van der Waals surface area contributed by atoms with E-state index in [-0.39, 0.29) is 12.3 Å². The Labute approximate surface area is 179 Å². The lowest BCUT2D eigenvalue weighted by atomic mass is 10.0. The van der Waals surface area contributed by atoms with E-state index in [1.807, 2.05) is 42.5 Å². The summed E-state index contributed by atoms with van der Waals surface area (Å²) in [5.74, 6) is 0.344. The molecule has 0 fully saturated rings. The zero-order chi connectivity index (χ0) is 20.5. The largest absolute Gasteiger partial charge is 0.492 e. The number of hydrogen-bond donors (Lipinski definition) is 1. The molecule has 1 aromatic heterocycles. The van der Waals surface area contributed by atoms with Gasteiger partial charge in [0, 0.05) is 35.0 Å². The molecule has 2 aromatic carbocycles. The third-order valence-electron chi connectivity index (χ3n) is 3.99. The SMILES string of the molecule is O=C(CCCOc1ccc(Cl)cc1Cl)NN=C(c1ccccc1)c1ccncc1. The molecule has 3 rings (SSSR count). The number of aromatic nitrogens is 1. The number of ether oxygens (including phenoxy) is 1. The molecule has 0 saturated carbocycles. The minimum absolute atomic E-state index is 0.196. The van der Waals surface area contributed by atoms with Crippen LogP contribution in [-0.4, -0.2) is 23.2 Å². The minimum Gasteiger partial charge on any atom is -0.492 e. The Balaban J connectivity index is 1.56. The number of hydrogen-bond acceptors (Lipinski definition) is 4. The summed E-state index contributed by atoms with van der Waals surface area (Å²) >= 11 is 11.9. The molecule has 0 atom stereocenters. The first-order chi connectivity index (χ1) is 14.1. The van der Waals surface area contributed by atoms with Crippen molar-refractivity contribution in [3.63, 3.8) is 0 Å². The van der Waals surface area contributed by atoms with E-state index in [2.05, 4.69) is 15.5 Å². The summed E-state index contributed by atoms with van der Waals surface area (Å²) in [4.78, 5) is 16.2. The molecule has 3 aromatic rings. The lowest BCUT2D eigenvalue weighted by Crippen LogP contribution is -2.21. The van der Waals surface area contributed by atoms with Gasteiger partial charge in [-0.15, -0.1) is 0 Å². The number of benzene rings is 2. The highest BCUT2D eigenvalue weighted by molar-refractivity contribution is 6.35. The van der Waals surface area contributed by atoms with Crippen LogP contribution in [0.3, 0.4) is 0 Å². The number of pyridine rings is 1. The summed E-state index contributed by atoms with van der Waals surface area (Å²) in [6, 6.07) is 18.4. The second kappa shape index (κ2) is 10.6. The molecule has 1 heterocycles. The molecular weight excluding hydrogens is 409 g/mol. The van der Waals surface area contributed by atoms with Crippen molar-refractivity contribution in [2.45, 2.75) is 12.8 Å². The zero-order valence-corrected chi connectivity index (χ0v) is 17.0. The highest BCUT2D eigenvalue weighted by Gasteiger charge is 2.08. The molecule has 0 spiro atoms. The highest BCUT2D eigenvalue weighted by atomic mass is 35.5. The van der Waals surface area contributed by atoms with E-state index in [0.717, 1.165) is 11.1 Å². The third-order valence-corrected chi connectivity index (χ3v) is 4.52. The average molecular weight is 428 g/mol. The number of amides is 1. The van der Waals surface area contributed by atoms with Crippen LogP contribution in [0.5, 0.6) is 5.75 Å². The smallest absolute Gasteiger partial charge is 0.240 e. The van der Waals surface area contributed by atoms with Crippen molar-refractivity contribution < 1.29 is 9.53 Å². The molecule has 0 unspecified atom stereocenters. The van der Waals surface area contributed by atoms with Gasteiger partial charge >= 0.3 is 0 Å². The molecule has 0 aliphatic heterocycles. The van der Waals surface area contributed by atoms with Gasteiger partial charge in [-0.05, 0) is 36.8 Å². The fraction of sp³-hybridized carbons (Fsp3) is 0.136. The summed E-state index contributed by atoms with van der Waals surface area (Å²) in [6.07, 6.45) is 4.17. The van der Waals surface area contributed by atoms with E-state index in [9.17, 15) is 4.79 Å². The van der Waals surface area contributed by atoms with Crippen molar-refractivity contribution >= 4 is 34.8 Å². The maximum atomic E-state index is 12.2. The topological polar surface area (TPSA) is 63.6 Å². The number of carbonyl (C=O) groups excluding carboxylic acids is 1. The van der Waals surface area contributed by atoms with Crippen molar-refractivity contribution in [3.8, 4) is 5.75 Å². The van der Waals surface area contributed by atoms with Crippen LogP contribution in [-0.2, 0) is 4.79 Å². The van der Waals surface area contributed by atoms with Crippen molar-refractivity contribution in [1.82, 2.24) is 10.4 Å². The molecule has 29 heavy (non-hydrogen) atoms. The minimum atomic E-state index is -0.196. The number of carbonyl (C=O) groups is 1. The molecule has 0 saturated heterocycles. The molecular formula is C22H19Cl2N3O2. The van der Waals surface area contributed by atoms with Gasteiger partial charge in [-0.3, -0.25) is 9.78 Å². The quantitative estimate of drug-likeness (QED) is 0.308. The Morgan fingerprint density at radius 3 is 2.45 bits per heavy atom. The number of rotatable bonds is 8. The van der Waals surface area contributed by atoms with E-state index in [1.165, 1.54) is 0 Å². The van der Waals surface area contributed by atoms with Crippen LogP contribution in [0.4, 0.5) is 0 Å². The summed E-state index contributed by atoms with van der Waals surface area (Å²) in [5, 5.41) is 5.32. The summed E-state index contributed by atoms with van der Waals surface area (Å²) in [6.45, 7) is 0.356. The Morgan fingerprint density at radius 1 is 1.00 bits per heavy atom. The van der Waals surface area contributed by atoms with Gasteiger partial charge in [-0.1, -0.05) is 53.5 Å². The van der Waals surface area contributed by atoms with E-state index in [0.29, 0.717) is 34.5 Å². The Hall–Kier alpha value is -2.89. The van der Waals surface area contributed by atoms with Crippen molar-refractivity contribution in [3.05, 3.63) is 94.2 Å². The van der Waals surface area contributed by atoms with Gasteiger partial charge in [0.25, 0.3) is 0 Å². The average Bonchev–Trinajstić information content (AvgIpc) is 2.74. The fourth-order valence-electron chi connectivity index (χ4n) is 2.58. The third kappa shape index (κ3) is 6.31. The van der Waals surface area contributed by atoms with E-state index < -0.39 is 0 Å². The molecule has 0 aliphatic carbocycles. The normalized spacial score (nSPS) is 11.2. The second-order valence-electron chi connectivity index (χ2n) is 6.12. The van der Waals surface area contributed by atoms with Crippen LogP contribution in [0.1, 0.15) is 24.0 Å². The van der Waals surface area contributed by atoms with E-state index in [1.54, 1.807) is 30.6 Å². The van der Waals surface area contributed by atoms with Gasteiger partial charge in [0.15, 0.2) is 0 Å². The molecule has 148 valence electrons. The van der Waals surface area contributed by atoms with Crippen molar-refractivity contribution in [1.29, 1.82) is 0 Å². The van der Waals surface area contributed by atoms with Crippen LogP contribution in [0, 0.1) is 0 Å². The summed E-state index contributed by atoms with van der Waals surface area (Å²) < 4.78 is 5.59. The predicted molar refractivity (Wildman–Crippen MR) is 116 cm³/mol. The molecule has 0 aliphatic rings. The zero-order valence-electron chi connectivity index (χ0n) is 15.5. The van der Waals surface area contributed by atoms with Gasteiger partial charge in [0.1, 0.15) is 5.75 Å². The lowest BCUT2D eigenvalue weighted by molar-refractivity contribution is -0.121. The van der Waals surface area contributed by atoms with Gasteiger partial charge in [-0.2, -0.15) is 5.10 Å². The number of halogens is 2. The Morgan fingerprint density at radius 2 is 1.72 bits per heavy atom. The molecule has 1 amide bonds. The van der Waals surface area contributed by atoms with E-state index in [4.69, 9.17) is 27.9 Å². The first-order valence-electron chi connectivity index (χ1n) is 9.03. The molecule has 7 heteroatoms. The molecule has 0 bridgehead atoms. The fourth-order valence-corrected chi connectivity index (χ4v) is 3.05. The van der Waals surface area contributed by atoms with Crippen LogP contribution in [0.15, 0.2) is 78.2 Å². The monoisotopic (exact) mass is 427 g/mol. The number of nitrogens with zero attached hydrogens (tertiary/aromatic N) is 2. The van der Waals surface area contributed by atoms with Crippen molar-refractivity contribution in [2.24, 2.45) is 5.10 Å². The Kier molecular flexibility index (Phi) is 7.61. The van der Waals surface area contributed by atoms with Gasteiger partial charge < -0.3 is 4.74 Å². The van der Waals surface area contributed by atoms with Gasteiger partial charge in [0.2, 0.25) is 5.91 Å².